The standard InChI is InChI=1S/C17H18BrCl2N/c1-2-10-21-16(13-7-3-4-8-14(13)18)11-12-6-5-9-15(19)17(12)20/h3-9,16,21H,2,10-11H2,1H3. The van der Waals surface area contributed by atoms with Crippen molar-refractivity contribution in [3.8, 4) is 0 Å². The van der Waals surface area contributed by atoms with Gasteiger partial charge in [0.15, 0.2) is 0 Å². The predicted molar refractivity (Wildman–Crippen MR) is 95.3 cm³/mol. The summed E-state index contributed by atoms with van der Waals surface area (Å²) in [5.41, 5.74) is 2.30. The minimum atomic E-state index is 0.205. The van der Waals surface area contributed by atoms with Crippen molar-refractivity contribution in [2.75, 3.05) is 6.54 Å². The number of benzene rings is 2. The van der Waals surface area contributed by atoms with Gasteiger partial charge in [-0.2, -0.15) is 0 Å². The minimum absolute atomic E-state index is 0.205. The van der Waals surface area contributed by atoms with E-state index in [0.717, 1.165) is 29.4 Å². The molecule has 1 unspecified atom stereocenters. The van der Waals surface area contributed by atoms with Crippen LogP contribution in [0.25, 0.3) is 0 Å². The van der Waals surface area contributed by atoms with Gasteiger partial charge in [-0.3, -0.25) is 0 Å². The molecule has 1 N–H and O–H groups in total. The van der Waals surface area contributed by atoms with Crippen LogP contribution in [0.15, 0.2) is 46.9 Å². The lowest BCUT2D eigenvalue weighted by molar-refractivity contribution is 0.527. The van der Waals surface area contributed by atoms with Crippen molar-refractivity contribution < 1.29 is 0 Å². The van der Waals surface area contributed by atoms with Crippen molar-refractivity contribution in [1.82, 2.24) is 5.32 Å². The molecule has 1 atom stereocenters. The molecule has 1 nitrogen and oxygen atoms in total. The fraction of sp³-hybridized carbons (Fsp3) is 0.294. The third-order valence-electron chi connectivity index (χ3n) is 3.38. The highest BCUT2D eigenvalue weighted by atomic mass is 79.9. The Morgan fingerprint density at radius 1 is 1.10 bits per heavy atom. The molecule has 0 amide bonds. The van der Waals surface area contributed by atoms with E-state index < -0.39 is 0 Å². The second-order valence-electron chi connectivity index (χ2n) is 4.95. The summed E-state index contributed by atoms with van der Waals surface area (Å²) in [5, 5.41) is 4.84. The summed E-state index contributed by atoms with van der Waals surface area (Å²) in [7, 11) is 0. The van der Waals surface area contributed by atoms with Gasteiger partial charge in [0.25, 0.3) is 0 Å². The van der Waals surface area contributed by atoms with E-state index in [-0.39, 0.29) is 6.04 Å². The first-order valence-corrected chi connectivity index (χ1v) is 8.59. The van der Waals surface area contributed by atoms with E-state index in [1.165, 1.54) is 5.56 Å². The number of halogens is 3. The van der Waals surface area contributed by atoms with Crippen LogP contribution in [0, 0.1) is 0 Å². The van der Waals surface area contributed by atoms with E-state index >= 15 is 0 Å². The van der Waals surface area contributed by atoms with Gasteiger partial charge in [0.1, 0.15) is 0 Å². The molecule has 0 aromatic heterocycles. The summed E-state index contributed by atoms with van der Waals surface area (Å²) in [6.07, 6.45) is 1.90. The zero-order valence-corrected chi connectivity index (χ0v) is 15.0. The molecule has 4 heteroatoms. The zero-order valence-electron chi connectivity index (χ0n) is 11.9. The molecular formula is C17H18BrCl2N. The van der Waals surface area contributed by atoms with Crippen LogP contribution in [0.1, 0.15) is 30.5 Å². The van der Waals surface area contributed by atoms with Gasteiger partial charge in [0.05, 0.1) is 10.0 Å². The van der Waals surface area contributed by atoms with Crippen LogP contribution in [-0.4, -0.2) is 6.54 Å². The molecule has 2 rings (SSSR count). The van der Waals surface area contributed by atoms with E-state index in [0.29, 0.717) is 10.0 Å². The fourth-order valence-electron chi connectivity index (χ4n) is 2.29. The van der Waals surface area contributed by atoms with Gasteiger partial charge in [0.2, 0.25) is 0 Å². The van der Waals surface area contributed by atoms with Crippen molar-refractivity contribution in [3.63, 3.8) is 0 Å². The van der Waals surface area contributed by atoms with Gasteiger partial charge in [-0.25, -0.2) is 0 Å². The molecule has 0 spiro atoms. The molecule has 0 saturated carbocycles. The highest BCUT2D eigenvalue weighted by Gasteiger charge is 2.16. The van der Waals surface area contributed by atoms with E-state index in [1.54, 1.807) is 0 Å². The van der Waals surface area contributed by atoms with Crippen molar-refractivity contribution in [3.05, 3.63) is 68.1 Å². The smallest absolute Gasteiger partial charge is 0.0624 e. The quantitative estimate of drug-likeness (QED) is 0.638. The van der Waals surface area contributed by atoms with Gasteiger partial charge >= 0.3 is 0 Å². The largest absolute Gasteiger partial charge is 0.310 e. The molecule has 0 bridgehead atoms. The molecule has 0 heterocycles. The summed E-state index contributed by atoms with van der Waals surface area (Å²) in [6, 6.07) is 14.3. The topological polar surface area (TPSA) is 12.0 Å². The highest BCUT2D eigenvalue weighted by Crippen LogP contribution is 2.31. The van der Waals surface area contributed by atoms with Crippen molar-refractivity contribution in [2.45, 2.75) is 25.8 Å². The maximum atomic E-state index is 6.33. The first kappa shape index (κ1) is 16.8. The number of nitrogens with one attached hydrogen (secondary N) is 1. The fourth-order valence-corrected chi connectivity index (χ4v) is 3.25. The van der Waals surface area contributed by atoms with Crippen LogP contribution in [0.2, 0.25) is 10.0 Å². The normalized spacial score (nSPS) is 12.4. The first-order chi connectivity index (χ1) is 10.1. The molecule has 21 heavy (non-hydrogen) atoms. The molecule has 0 radical (unpaired) electrons. The molecule has 0 saturated heterocycles. The Morgan fingerprint density at radius 3 is 2.57 bits per heavy atom. The molecule has 112 valence electrons. The first-order valence-electron chi connectivity index (χ1n) is 7.04. The lowest BCUT2D eigenvalue weighted by Gasteiger charge is -2.21. The monoisotopic (exact) mass is 385 g/mol. The average molecular weight is 387 g/mol. The van der Waals surface area contributed by atoms with Crippen LogP contribution in [0.4, 0.5) is 0 Å². The Hall–Kier alpha value is -0.540. The maximum absolute atomic E-state index is 6.33. The molecule has 2 aromatic rings. The van der Waals surface area contributed by atoms with Crippen LogP contribution in [0.5, 0.6) is 0 Å². The second kappa shape index (κ2) is 8.19. The molecule has 0 aliphatic heterocycles. The summed E-state index contributed by atoms with van der Waals surface area (Å²) >= 11 is 16.1. The number of rotatable bonds is 6. The Morgan fingerprint density at radius 2 is 1.86 bits per heavy atom. The second-order valence-corrected chi connectivity index (χ2v) is 6.58. The molecule has 2 aromatic carbocycles. The molecular weight excluding hydrogens is 369 g/mol. The third-order valence-corrected chi connectivity index (χ3v) is 4.96. The van der Waals surface area contributed by atoms with Gasteiger partial charge in [-0.05, 0) is 42.6 Å². The summed E-state index contributed by atoms with van der Waals surface area (Å²) in [5.74, 6) is 0. The lowest BCUT2D eigenvalue weighted by atomic mass is 9.98. The van der Waals surface area contributed by atoms with Crippen molar-refractivity contribution in [1.29, 1.82) is 0 Å². The average Bonchev–Trinajstić information content (AvgIpc) is 2.48. The van der Waals surface area contributed by atoms with E-state index in [2.05, 4.69) is 46.4 Å². The summed E-state index contributed by atoms with van der Waals surface area (Å²) in [6.45, 7) is 3.13. The predicted octanol–water partition coefficient (Wildman–Crippen LogP) is 6.04. The van der Waals surface area contributed by atoms with Crippen LogP contribution in [0.3, 0.4) is 0 Å². The van der Waals surface area contributed by atoms with Crippen molar-refractivity contribution in [2.24, 2.45) is 0 Å². The minimum Gasteiger partial charge on any atom is -0.310 e. The summed E-state index contributed by atoms with van der Waals surface area (Å²) in [4.78, 5) is 0. The molecule has 0 fully saturated rings. The Kier molecular flexibility index (Phi) is 6.56. The third kappa shape index (κ3) is 4.46. The van der Waals surface area contributed by atoms with Gasteiger partial charge in [-0.1, -0.05) is 76.4 Å². The Labute approximate surface area is 144 Å². The van der Waals surface area contributed by atoms with Gasteiger partial charge in [0, 0.05) is 10.5 Å². The maximum Gasteiger partial charge on any atom is 0.0624 e. The zero-order chi connectivity index (χ0) is 15.2. The van der Waals surface area contributed by atoms with Crippen LogP contribution < -0.4 is 5.32 Å². The number of hydrogen-bond acceptors (Lipinski definition) is 1. The van der Waals surface area contributed by atoms with Crippen LogP contribution >= 0.6 is 39.1 Å². The van der Waals surface area contributed by atoms with Gasteiger partial charge in [-0.15, -0.1) is 0 Å². The summed E-state index contributed by atoms with van der Waals surface area (Å²) < 4.78 is 1.11. The lowest BCUT2D eigenvalue weighted by Crippen LogP contribution is -2.24. The Balaban J connectivity index is 2.28. The molecule has 0 aliphatic carbocycles. The van der Waals surface area contributed by atoms with Crippen LogP contribution in [-0.2, 0) is 6.42 Å². The van der Waals surface area contributed by atoms with E-state index in [1.807, 2.05) is 24.3 Å². The number of hydrogen-bond donors (Lipinski definition) is 1. The van der Waals surface area contributed by atoms with Crippen molar-refractivity contribution >= 4 is 39.1 Å². The highest BCUT2D eigenvalue weighted by molar-refractivity contribution is 9.10. The van der Waals surface area contributed by atoms with Gasteiger partial charge < -0.3 is 5.32 Å². The van der Waals surface area contributed by atoms with E-state index in [9.17, 15) is 0 Å². The SMILES string of the molecule is CCCNC(Cc1cccc(Cl)c1Cl)c1ccccc1Br. The van der Waals surface area contributed by atoms with E-state index in [4.69, 9.17) is 23.2 Å². The Bertz CT molecular complexity index is 601. The molecule has 0 aliphatic rings.